The molecule has 0 unspecified atom stereocenters. The molecule has 0 aliphatic carbocycles. The average molecular weight is 361 g/mol. The molecule has 0 N–H and O–H groups in total. The molecule has 0 radical (unpaired) electrons. The van der Waals surface area contributed by atoms with Gasteiger partial charge in [0, 0.05) is 29.1 Å². The van der Waals surface area contributed by atoms with Crippen LogP contribution in [0.5, 0.6) is 0 Å². The van der Waals surface area contributed by atoms with Crippen molar-refractivity contribution in [3.05, 3.63) is 75.7 Å². The molecular formula is C18H14F3N3S. The van der Waals surface area contributed by atoms with Gasteiger partial charge in [0.05, 0.1) is 11.9 Å². The summed E-state index contributed by atoms with van der Waals surface area (Å²) in [5, 5.41) is 6.14. The van der Waals surface area contributed by atoms with Crippen LogP contribution in [-0.4, -0.2) is 17.4 Å². The maximum atomic E-state index is 13.8. The Balaban J connectivity index is 2.07. The van der Waals surface area contributed by atoms with Gasteiger partial charge in [-0.2, -0.15) is 5.10 Å². The van der Waals surface area contributed by atoms with Crippen LogP contribution in [0.3, 0.4) is 0 Å². The smallest absolute Gasteiger partial charge is 0.206 e. The Morgan fingerprint density at radius 1 is 1.04 bits per heavy atom. The molecule has 3 aromatic rings. The van der Waals surface area contributed by atoms with E-state index in [0.717, 1.165) is 11.6 Å². The van der Waals surface area contributed by atoms with E-state index in [1.165, 1.54) is 41.8 Å². The summed E-state index contributed by atoms with van der Waals surface area (Å²) < 4.78 is 41.5. The van der Waals surface area contributed by atoms with Crippen molar-refractivity contribution in [3.63, 3.8) is 0 Å². The van der Waals surface area contributed by atoms with E-state index in [0.29, 0.717) is 17.0 Å². The summed E-state index contributed by atoms with van der Waals surface area (Å²) in [6.07, 6.45) is 1.31. The Morgan fingerprint density at radius 2 is 1.76 bits per heavy atom. The first kappa shape index (κ1) is 17.2. The van der Waals surface area contributed by atoms with Crippen LogP contribution < -0.4 is 4.80 Å². The van der Waals surface area contributed by atoms with Crippen LogP contribution in [0.2, 0.25) is 0 Å². The molecular weight excluding hydrogens is 347 g/mol. The van der Waals surface area contributed by atoms with Crippen molar-refractivity contribution in [2.45, 2.75) is 6.92 Å². The minimum absolute atomic E-state index is 0.160. The maximum Gasteiger partial charge on any atom is 0.206 e. The van der Waals surface area contributed by atoms with Crippen molar-refractivity contribution < 1.29 is 13.2 Å². The normalized spacial score (nSPS) is 12.2. The molecule has 0 saturated heterocycles. The van der Waals surface area contributed by atoms with Crippen LogP contribution in [-0.2, 0) is 0 Å². The van der Waals surface area contributed by atoms with E-state index < -0.39 is 11.6 Å². The number of benzene rings is 2. The van der Waals surface area contributed by atoms with Crippen LogP contribution in [0.25, 0.3) is 11.3 Å². The van der Waals surface area contributed by atoms with E-state index in [-0.39, 0.29) is 11.4 Å². The third kappa shape index (κ3) is 3.88. The summed E-state index contributed by atoms with van der Waals surface area (Å²) in [6, 6.07) is 9.28. The minimum atomic E-state index is -0.697. The summed E-state index contributed by atoms with van der Waals surface area (Å²) >= 11 is 1.38. The molecule has 3 rings (SSSR count). The fourth-order valence-corrected chi connectivity index (χ4v) is 3.10. The zero-order valence-corrected chi connectivity index (χ0v) is 14.1. The third-order valence-corrected chi connectivity index (χ3v) is 4.25. The highest BCUT2D eigenvalue weighted by Gasteiger charge is 2.08. The first-order chi connectivity index (χ1) is 12.1. The monoisotopic (exact) mass is 361 g/mol. The van der Waals surface area contributed by atoms with E-state index >= 15 is 0 Å². The van der Waals surface area contributed by atoms with Gasteiger partial charge in [-0.25, -0.2) is 17.8 Å². The molecule has 2 aromatic carbocycles. The summed E-state index contributed by atoms with van der Waals surface area (Å²) in [4.78, 5) is 4.98. The molecule has 0 aliphatic rings. The van der Waals surface area contributed by atoms with Crippen LogP contribution in [0.15, 0.2) is 57.9 Å². The molecule has 0 amide bonds. The number of hydrogen-bond donors (Lipinski definition) is 0. The van der Waals surface area contributed by atoms with Gasteiger partial charge in [-0.05, 0) is 43.3 Å². The van der Waals surface area contributed by atoms with Gasteiger partial charge >= 0.3 is 0 Å². The molecule has 0 spiro atoms. The molecule has 128 valence electrons. The van der Waals surface area contributed by atoms with Crippen LogP contribution in [0.1, 0.15) is 12.5 Å². The summed E-state index contributed by atoms with van der Waals surface area (Å²) in [5.41, 5.74) is 1.62. The Labute approximate surface area is 146 Å². The number of halogens is 3. The quantitative estimate of drug-likeness (QED) is 0.615. The summed E-state index contributed by atoms with van der Waals surface area (Å²) in [5.74, 6) is -1.68. The molecule has 1 heterocycles. The predicted octanol–water partition coefficient (Wildman–Crippen LogP) is 4.44. The minimum Gasteiger partial charge on any atom is -0.258 e. The fourth-order valence-electron chi connectivity index (χ4n) is 2.20. The molecule has 1 aromatic heterocycles. The van der Waals surface area contributed by atoms with Crippen molar-refractivity contribution in [2.75, 3.05) is 6.54 Å². The number of thiazole rings is 1. The highest BCUT2D eigenvalue weighted by molar-refractivity contribution is 7.07. The van der Waals surface area contributed by atoms with Crippen LogP contribution in [0.4, 0.5) is 13.2 Å². The molecule has 0 saturated carbocycles. The summed E-state index contributed by atoms with van der Waals surface area (Å²) in [7, 11) is 0. The number of hydrogen-bond acceptors (Lipinski definition) is 3. The van der Waals surface area contributed by atoms with Gasteiger partial charge in [-0.3, -0.25) is 4.99 Å². The predicted molar refractivity (Wildman–Crippen MR) is 93.2 cm³/mol. The lowest BCUT2D eigenvalue weighted by Gasteiger charge is -2.04. The van der Waals surface area contributed by atoms with Crippen molar-refractivity contribution >= 4 is 17.6 Å². The Kier molecular flexibility index (Phi) is 5.14. The first-order valence-corrected chi connectivity index (χ1v) is 8.43. The molecule has 7 heteroatoms. The second-order valence-corrected chi connectivity index (χ2v) is 5.94. The number of nitrogens with zero attached hydrogens (tertiary/aromatic N) is 3. The van der Waals surface area contributed by atoms with Crippen LogP contribution in [0, 0.1) is 17.5 Å². The van der Waals surface area contributed by atoms with Gasteiger partial charge in [0.15, 0.2) is 0 Å². The van der Waals surface area contributed by atoms with Crippen molar-refractivity contribution in [3.8, 4) is 11.3 Å². The molecule has 0 aliphatic heterocycles. The average Bonchev–Trinajstić information content (AvgIpc) is 2.98. The largest absolute Gasteiger partial charge is 0.258 e. The maximum absolute atomic E-state index is 13.8. The lowest BCUT2D eigenvalue weighted by atomic mass is 10.2. The first-order valence-electron chi connectivity index (χ1n) is 7.55. The fraction of sp³-hybridized carbons (Fsp3) is 0.111. The summed E-state index contributed by atoms with van der Waals surface area (Å²) in [6.45, 7) is 2.45. The highest BCUT2D eigenvalue weighted by atomic mass is 32.1. The van der Waals surface area contributed by atoms with Crippen molar-refractivity contribution in [1.82, 2.24) is 4.68 Å². The van der Waals surface area contributed by atoms with Gasteiger partial charge in [-0.15, -0.1) is 11.3 Å². The number of aromatic nitrogens is 1. The van der Waals surface area contributed by atoms with Gasteiger partial charge in [0.25, 0.3) is 0 Å². The second-order valence-electron chi connectivity index (χ2n) is 5.11. The highest BCUT2D eigenvalue weighted by Crippen LogP contribution is 2.20. The number of rotatable bonds is 4. The van der Waals surface area contributed by atoms with E-state index in [1.807, 2.05) is 12.3 Å². The van der Waals surface area contributed by atoms with Gasteiger partial charge in [-0.1, -0.05) is 0 Å². The molecule has 25 heavy (non-hydrogen) atoms. The van der Waals surface area contributed by atoms with Crippen molar-refractivity contribution in [2.24, 2.45) is 10.1 Å². The molecule has 3 nitrogen and oxygen atoms in total. The molecule has 0 atom stereocenters. The molecule has 0 bridgehead atoms. The molecule has 0 fully saturated rings. The van der Waals surface area contributed by atoms with E-state index in [2.05, 4.69) is 10.1 Å². The SMILES string of the molecule is CCN=c1scc(-c2ccc(F)cc2)n1/N=C/c1ccc(F)cc1F. The van der Waals surface area contributed by atoms with Gasteiger partial charge in [0.2, 0.25) is 4.80 Å². The standard InChI is InChI=1S/C18H14F3N3S/c1-2-22-18-24(23-10-13-5-8-15(20)9-16(13)21)17(11-25-18)12-3-6-14(19)7-4-12/h3-11H,2H2,1H3/b22-18?,23-10+. The topological polar surface area (TPSA) is 29.6 Å². The van der Waals surface area contributed by atoms with Gasteiger partial charge in [0.1, 0.15) is 17.5 Å². The van der Waals surface area contributed by atoms with E-state index in [4.69, 9.17) is 0 Å². The van der Waals surface area contributed by atoms with E-state index in [1.54, 1.807) is 16.8 Å². The van der Waals surface area contributed by atoms with Crippen LogP contribution >= 0.6 is 11.3 Å². The third-order valence-electron chi connectivity index (χ3n) is 3.39. The Bertz CT molecular complexity index is 972. The lowest BCUT2D eigenvalue weighted by Crippen LogP contribution is -2.12. The second kappa shape index (κ2) is 7.48. The van der Waals surface area contributed by atoms with Crippen molar-refractivity contribution in [1.29, 1.82) is 0 Å². The zero-order valence-electron chi connectivity index (χ0n) is 13.3. The zero-order chi connectivity index (χ0) is 17.8. The van der Waals surface area contributed by atoms with Gasteiger partial charge < -0.3 is 0 Å². The van der Waals surface area contributed by atoms with E-state index in [9.17, 15) is 13.2 Å². The Morgan fingerprint density at radius 3 is 2.44 bits per heavy atom. The lowest BCUT2D eigenvalue weighted by molar-refractivity contribution is 0.582. The Hall–Kier alpha value is -2.67.